The largest absolute Gasteiger partial charge is 0.274 e. The van der Waals surface area contributed by atoms with Crippen molar-refractivity contribution in [1.82, 2.24) is 4.90 Å². The highest BCUT2D eigenvalue weighted by Gasteiger charge is 2.46. The van der Waals surface area contributed by atoms with Gasteiger partial charge in [0, 0.05) is 23.6 Å². The Morgan fingerprint density at radius 1 is 0.730 bits per heavy atom. The van der Waals surface area contributed by atoms with Crippen molar-refractivity contribution >= 4 is 23.0 Å². The van der Waals surface area contributed by atoms with E-state index in [1.165, 1.54) is 21.6 Å². The molecular formula is C34H27NO2. The van der Waals surface area contributed by atoms with Crippen LogP contribution in [0.25, 0.3) is 33.4 Å². The van der Waals surface area contributed by atoms with Gasteiger partial charge in [-0.2, -0.15) is 0 Å². The van der Waals surface area contributed by atoms with Gasteiger partial charge in [0.15, 0.2) is 0 Å². The highest BCUT2D eigenvalue weighted by molar-refractivity contribution is 6.30. The molecule has 1 heterocycles. The molecule has 7 rings (SSSR count). The van der Waals surface area contributed by atoms with Gasteiger partial charge in [0.05, 0.1) is 11.1 Å². The van der Waals surface area contributed by atoms with Crippen LogP contribution in [0.4, 0.5) is 0 Å². The Bertz CT molecular complexity index is 1620. The molecule has 0 spiro atoms. The molecule has 4 aliphatic rings. The van der Waals surface area contributed by atoms with Gasteiger partial charge in [-0.05, 0) is 51.3 Å². The number of benzene rings is 3. The van der Waals surface area contributed by atoms with Crippen molar-refractivity contribution in [2.24, 2.45) is 11.8 Å². The zero-order valence-corrected chi connectivity index (χ0v) is 21.0. The summed E-state index contributed by atoms with van der Waals surface area (Å²) in [7, 11) is 0. The minimum absolute atomic E-state index is 0.182. The molecule has 3 nitrogen and oxygen atoms in total. The average Bonchev–Trinajstić information content (AvgIpc) is 3.39. The molecule has 3 aromatic rings. The van der Waals surface area contributed by atoms with Crippen LogP contribution in [0.15, 0.2) is 96.6 Å². The lowest BCUT2D eigenvalue weighted by Gasteiger charge is -2.27. The number of allylic oxidation sites excluding steroid dienone is 8. The summed E-state index contributed by atoms with van der Waals surface area (Å²) in [4.78, 5) is 29.6. The van der Waals surface area contributed by atoms with Gasteiger partial charge in [0.25, 0.3) is 11.8 Å². The topological polar surface area (TPSA) is 37.4 Å². The van der Waals surface area contributed by atoms with Crippen LogP contribution in [-0.2, 0) is 0 Å². The molecule has 0 saturated heterocycles. The average molecular weight is 482 g/mol. The summed E-state index contributed by atoms with van der Waals surface area (Å²) in [5.41, 5.74) is 10.7. The molecule has 0 radical (unpaired) electrons. The number of hydrogen-bond donors (Lipinski definition) is 0. The lowest BCUT2D eigenvalue weighted by atomic mass is 9.76. The van der Waals surface area contributed by atoms with E-state index in [2.05, 4.69) is 61.6 Å². The molecule has 0 aromatic heterocycles. The fourth-order valence-corrected chi connectivity index (χ4v) is 6.59. The molecule has 2 unspecified atom stereocenters. The summed E-state index contributed by atoms with van der Waals surface area (Å²) < 4.78 is 0. The van der Waals surface area contributed by atoms with E-state index < -0.39 is 0 Å². The van der Waals surface area contributed by atoms with Crippen molar-refractivity contribution < 1.29 is 9.59 Å². The van der Waals surface area contributed by atoms with Gasteiger partial charge >= 0.3 is 0 Å². The van der Waals surface area contributed by atoms with Crippen LogP contribution in [0.3, 0.4) is 0 Å². The summed E-state index contributed by atoms with van der Waals surface area (Å²) >= 11 is 0. The number of carbonyl (C=O) groups is 2. The van der Waals surface area contributed by atoms with Crippen LogP contribution >= 0.6 is 0 Å². The number of carbonyl (C=O) groups excluding carboxylic acids is 2. The highest BCUT2D eigenvalue weighted by atomic mass is 16.2. The number of nitrogens with zero attached hydrogens (tertiary/aromatic N) is 1. The van der Waals surface area contributed by atoms with Gasteiger partial charge in [0.2, 0.25) is 0 Å². The normalized spacial score (nSPS) is 20.8. The molecule has 3 heteroatoms. The second-order valence-electron chi connectivity index (χ2n) is 10.3. The molecule has 3 aromatic carbocycles. The standard InChI is InChI=1S/C34H27NO2/c1-3-19-35-33(36)31-26(21-11-6-4-7-12-21)29-24-16-10-15-23-20(2)17-18-25(28(23)24)30(29)27(32(31)34(35)37)22-13-8-5-9-14-22/h4-18,20,23H,3,19H2,1-2H3. The molecule has 2 atom stereocenters. The molecule has 3 aliphatic carbocycles. The van der Waals surface area contributed by atoms with Gasteiger partial charge in [-0.1, -0.05) is 105 Å². The van der Waals surface area contributed by atoms with Crippen LogP contribution in [-0.4, -0.2) is 23.3 Å². The molecule has 2 amide bonds. The van der Waals surface area contributed by atoms with Gasteiger partial charge in [-0.3, -0.25) is 14.5 Å². The monoisotopic (exact) mass is 481 g/mol. The Morgan fingerprint density at radius 2 is 1.32 bits per heavy atom. The third kappa shape index (κ3) is 2.94. The number of amides is 2. The Balaban J connectivity index is 1.68. The first-order valence-corrected chi connectivity index (χ1v) is 13.1. The van der Waals surface area contributed by atoms with Crippen molar-refractivity contribution in [3.05, 3.63) is 119 Å². The van der Waals surface area contributed by atoms with Crippen molar-refractivity contribution in [2.45, 2.75) is 20.3 Å². The van der Waals surface area contributed by atoms with E-state index in [1.54, 1.807) is 0 Å². The molecular weight excluding hydrogens is 454 g/mol. The predicted molar refractivity (Wildman–Crippen MR) is 149 cm³/mol. The Kier molecular flexibility index (Phi) is 4.84. The lowest BCUT2D eigenvalue weighted by molar-refractivity contribution is 0.0655. The van der Waals surface area contributed by atoms with Crippen LogP contribution in [0.5, 0.6) is 0 Å². The van der Waals surface area contributed by atoms with E-state index in [0.29, 0.717) is 23.6 Å². The van der Waals surface area contributed by atoms with E-state index in [1.807, 2.05) is 43.3 Å². The number of rotatable bonds is 4. The first-order chi connectivity index (χ1) is 18.1. The zero-order chi connectivity index (χ0) is 25.3. The first-order valence-electron chi connectivity index (χ1n) is 13.1. The third-order valence-electron chi connectivity index (χ3n) is 8.16. The summed E-state index contributed by atoms with van der Waals surface area (Å²) in [6, 6.07) is 20.2. The van der Waals surface area contributed by atoms with Crippen LogP contribution in [0.2, 0.25) is 0 Å². The summed E-state index contributed by atoms with van der Waals surface area (Å²) in [6.45, 7) is 4.68. The number of imide groups is 1. The number of hydrogen-bond acceptors (Lipinski definition) is 2. The predicted octanol–water partition coefficient (Wildman–Crippen LogP) is 7.57. The summed E-state index contributed by atoms with van der Waals surface area (Å²) in [5, 5.41) is 0. The maximum absolute atomic E-state index is 14.1. The Hall–Kier alpha value is -4.24. The number of fused-ring (bicyclic) bond motifs is 4. The molecule has 0 fully saturated rings. The SMILES string of the molecule is CCCN1C(=O)c2c(c(-c3ccccc3)c3c(c2-c2ccccc2)C2=CC=CC4C2=C3C=CC4C)C1=O. The fourth-order valence-electron chi connectivity index (χ4n) is 6.59. The summed E-state index contributed by atoms with van der Waals surface area (Å²) in [5.74, 6) is 0.289. The second-order valence-corrected chi connectivity index (χ2v) is 10.3. The highest BCUT2D eigenvalue weighted by Crippen LogP contribution is 2.58. The van der Waals surface area contributed by atoms with Crippen molar-refractivity contribution in [3.63, 3.8) is 0 Å². The molecule has 0 saturated carbocycles. The Labute approximate surface area is 217 Å². The molecule has 37 heavy (non-hydrogen) atoms. The van der Waals surface area contributed by atoms with Gasteiger partial charge in [0.1, 0.15) is 0 Å². The van der Waals surface area contributed by atoms with Gasteiger partial charge in [-0.25, -0.2) is 0 Å². The van der Waals surface area contributed by atoms with Gasteiger partial charge < -0.3 is 0 Å². The molecule has 1 aliphatic heterocycles. The zero-order valence-electron chi connectivity index (χ0n) is 21.0. The van der Waals surface area contributed by atoms with Crippen molar-refractivity contribution in [3.8, 4) is 22.3 Å². The second kappa shape index (κ2) is 8.14. The van der Waals surface area contributed by atoms with E-state index in [9.17, 15) is 9.59 Å². The van der Waals surface area contributed by atoms with Crippen LogP contribution in [0, 0.1) is 11.8 Å². The van der Waals surface area contributed by atoms with Crippen LogP contribution < -0.4 is 0 Å². The molecule has 0 bridgehead atoms. The van der Waals surface area contributed by atoms with E-state index in [4.69, 9.17) is 0 Å². The smallest absolute Gasteiger partial charge is 0.262 e. The minimum Gasteiger partial charge on any atom is -0.274 e. The quantitative estimate of drug-likeness (QED) is 0.360. The van der Waals surface area contributed by atoms with E-state index in [0.717, 1.165) is 39.8 Å². The Morgan fingerprint density at radius 3 is 1.92 bits per heavy atom. The van der Waals surface area contributed by atoms with Crippen molar-refractivity contribution in [2.75, 3.05) is 6.54 Å². The first kappa shape index (κ1) is 22.0. The lowest BCUT2D eigenvalue weighted by Crippen LogP contribution is -2.30. The third-order valence-corrected chi connectivity index (χ3v) is 8.16. The molecule has 180 valence electrons. The minimum atomic E-state index is -0.182. The van der Waals surface area contributed by atoms with E-state index >= 15 is 0 Å². The summed E-state index contributed by atoms with van der Waals surface area (Å²) in [6.07, 6.45) is 11.9. The van der Waals surface area contributed by atoms with Crippen molar-refractivity contribution in [1.29, 1.82) is 0 Å². The molecule has 0 N–H and O–H groups in total. The van der Waals surface area contributed by atoms with Crippen LogP contribution in [0.1, 0.15) is 52.1 Å². The van der Waals surface area contributed by atoms with Gasteiger partial charge in [-0.15, -0.1) is 0 Å². The van der Waals surface area contributed by atoms with E-state index in [-0.39, 0.29) is 17.7 Å². The maximum atomic E-state index is 14.1. The fraction of sp³-hybridized carbons (Fsp3) is 0.176. The maximum Gasteiger partial charge on any atom is 0.262 e.